The molecule has 4 rings (SSSR count). The number of aliphatic imine (C=N–C) groups is 1. The first-order chi connectivity index (χ1) is 10.9. The topological polar surface area (TPSA) is 41.4 Å². The number of pyridine rings is 2. The van der Waals surface area contributed by atoms with E-state index in [1.54, 1.807) is 12.4 Å². The monoisotopic (exact) mass is 286 g/mol. The minimum absolute atomic E-state index is 0.704. The van der Waals surface area contributed by atoms with Crippen molar-refractivity contribution >= 4 is 17.5 Å². The Morgan fingerprint density at radius 2 is 1.59 bits per heavy atom. The summed E-state index contributed by atoms with van der Waals surface area (Å²) in [6, 6.07) is 20.0. The van der Waals surface area contributed by atoms with E-state index >= 15 is 0 Å². The van der Waals surface area contributed by atoms with Crippen molar-refractivity contribution in [2.45, 2.75) is 6.54 Å². The summed E-state index contributed by atoms with van der Waals surface area (Å²) in [5.41, 5.74) is 2.39. The summed E-state index contributed by atoms with van der Waals surface area (Å²) in [4.78, 5) is 15.6. The van der Waals surface area contributed by atoms with Gasteiger partial charge in [0.15, 0.2) is 5.82 Å². The van der Waals surface area contributed by atoms with Gasteiger partial charge in [-0.2, -0.15) is 0 Å². The zero-order valence-electron chi connectivity index (χ0n) is 11.9. The number of aromatic nitrogens is 2. The third kappa shape index (κ3) is 2.24. The molecule has 3 heterocycles. The number of nitrogens with zero attached hydrogens (tertiary/aromatic N) is 4. The van der Waals surface area contributed by atoms with Gasteiger partial charge < -0.3 is 4.90 Å². The Kier molecular flexibility index (Phi) is 3.12. The molecule has 1 aliphatic heterocycles. The molecular weight excluding hydrogens is 272 g/mol. The van der Waals surface area contributed by atoms with Crippen molar-refractivity contribution < 1.29 is 0 Å². The molecule has 1 aliphatic rings. The maximum atomic E-state index is 4.75. The average molecular weight is 286 g/mol. The van der Waals surface area contributed by atoms with Gasteiger partial charge >= 0.3 is 0 Å². The maximum absolute atomic E-state index is 4.75. The van der Waals surface area contributed by atoms with E-state index in [0.29, 0.717) is 5.82 Å². The molecule has 0 amide bonds. The second-order valence-corrected chi connectivity index (χ2v) is 5.05. The van der Waals surface area contributed by atoms with Crippen molar-refractivity contribution in [2.24, 2.45) is 4.99 Å². The van der Waals surface area contributed by atoms with Crippen molar-refractivity contribution in [1.29, 1.82) is 0 Å². The predicted molar refractivity (Wildman–Crippen MR) is 87.3 cm³/mol. The van der Waals surface area contributed by atoms with Gasteiger partial charge in [-0.15, -0.1) is 0 Å². The van der Waals surface area contributed by atoms with E-state index in [1.807, 2.05) is 42.5 Å². The summed E-state index contributed by atoms with van der Waals surface area (Å²) in [6.07, 6.45) is 3.56. The van der Waals surface area contributed by atoms with Crippen LogP contribution in [-0.4, -0.2) is 15.8 Å². The van der Waals surface area contributed by atoms with Gasteiger partial charge in [0.1, 0.15) is 11.7 Å². The Labute approximate surface area is 128 Å². The number of hydrogen-bond acceptors (Lipinski definition) is 3. The minimum atomic E-state index is 0.704. The fourth-order valence-corrected chi connectivity index (χ4v) is 2.62. The van der Waals surface area contributed by atoms with E-state index in [-0.39, 0.29) is 0 Å². The molecule has 1 aromatic carbocycles. The Balaban J connectivity index is 1.85. The van der Waals surface area contributed by atoms with Crippen molar-refractivity contribution in [3.63, 3.8) is 0 Å². The van der Waals surface area contributed by atoms with Gasteiger partial charge in [-0.3, -0.25) is 0 Å². The van der Waals surface area contributed by atoms with Gasteiger partial charge in [0.2, 0.25) is 0 Å². The lowest BCUT2D eigenvalue weighted by Crippen LogP contribution is -2.24. The van der Waals surface area contributed by atoms with Gasteiger partial charge in [0.25, 0.3) is 0 Å². The normalized spacial score (nSPS) is 15.1. The Bertz CT molecular complexity index is 813. The lowest BCUT2D eigenvalue weighted by Gasteiger charge is -2.17. The summed E-state index contributed by atoms with van der Waals surface area (Å²) < 4.78 is 0. The molecule has 0 unspecified atom stereocenters. The van der Waals surface area contributed by atoms with Crippen LogP contribution in [0.2, 0.25) is 0 Å². The number of benzene rings is 1. The number of amidine groups is 1. The number of fused-ring (bicyclic) bond motifs is 1. The molecule has 22 heavy (non-hydrogen) atoms. The highest BCUT2D eigenvalue weighted by atomic mass is 15.3. The molecule has 0 spiro atoms. The highest BCUT2D eigenvalue weighted by Crippen LogP contribution is 2.28. The Morgan fingerprint density at radius 3 is 2.36 bits per heavy atom. The van der Waals surface area contributed by atoms with Gasteiger partial charge in [-0.25, -0.2) is 15.0 Å². The molecular formula is C18H14N4. The molecule has 0 atom stereocenters. The van der Waals surface area contributed by atoms with Crippen LogP contribution in [0.5, 0.6) is 0 Å². The second kappa shape index (κ2) is 5.41. The lowest BCUT2D eigenvalue weighted by molar-refractivity contribution is 1.01. The van der Waals surface area contributed by atoms with Crippen LogP contribution in [0.1, 0.15) is 11.1 Å². The fraction of sp³-hybridized carbons (Fsp3) is 0.0556. The largest absolute Gasteiger partial charge is 0.306 e. The van der Waals surface area contributed by atoms with E-state index in [1.165, 1.54) is 5.56 Å². The first kappa shape index (κ1) is 12.7. The SMILES string of the molecule is c1ccc(/N=C2\c3ccccc3CN2c2ccccn2)nc1. The molecule has 4 heteroatoms. The first-order valence-corrected chi connectivity index (χ1v) is 7.18. The van der Waals surface area contributed by atoms with Crippen molar-refractivity contribution in [1.82, 2.24) is 9.97 Å². The van der Waals surface area contributed by atoms with Gasteiger partial charge in [-0.05, 0) is 29.8 Å². The molecule has 0 bridgehead atoms. The molecule has 0 saturated carbocycles. The maximum Gasteiger partial charge on any atom is 0.154 e. The molecule has 0 fully saturated rings. The Morgan fingerprint density at radius 1 is 0.818 bits per heavy atom. The van der Waals surface area contributed by atoms with E-state index in [0.717, 1.165) is 23.8 Å². The smallest absolute Gasteiger partial charge is 0.154 e. The third-order valence-corrected chi connectivity index (χ3v) is 3.64. The summed E-state index contributed by atoms with van der Waals surface area (Å²) >= 11 is 0. The first-order valence-electron chi connectivity index (χ1n) is 7.18. The van der Waals surface area contributed by atoms with Crippen LogP contribution < -0.4 is 4.90 Å². The van der Waals surface area contributed by atoms with Crippen LogP contribution in [0, 0.1) is 0 Å². The second-order valence-electron chi connectivity index (χ2n) is 5.05. The lowest BCUT2D eigenvalue weighted by atomic mass is 10.1. The van der Waals surface area contributed by atoms with E-state index in [9.17, 15) is 0 Å². The van der Waals surface area contributed by atoms with Gasteiger partial charge in [0, 0.05) is 18.0 Å². The van der Waals surface area contributed by atoms with Crippen LogP contribution in [-0.2, 0) is 6.54 Å². The summed E-state index contributed by atoms with van der Waals surface area (Å²) in [7, 11) is 0. The standard InChI is InChI=1S/C18H14N4/c1-2-8-15-14(7-1)13-22(17-10-4-6-12-20-17)18(15)21-16-9-3-5-11-19-16/h1-12H,13H2/b21-18+. The van der Waals surface area contributed by atoms with E-state index in [2.05, 4.69) is 33.1 Å². The van der Waals surface area contributed by atoms with E-state index in [4.69, 9.17) is 4.99 Å². The van der Waals surface area contributed by atoms with Gasteiger partial charge in [0.05, 0.1) is 6.54 Å². The van der Waals surface area contributed by atoms with Crippen LogP contribution in [0.3, 0.4) is 0 Å². The summed E-state index contributed by atoms with van der Waals surface area (Å²) in [6.45, 7) is 0.777. The molecule has 3 aromatic rings. The van der Waals surface area contributed by atoms with Crippen LogP contribution >= 0.6 is 0 Å². The van der Waals surface area contributed by atoms with Crippen LogP contribution in [0.4, 0.5) is 11.6 Å². The molecule has 4 nitrogen and oxygen atoms in total. The predicted octanol–water partition coefficient (Wildman–Crippen LogP) is 3.58. The van der Waals surface area contributed by atoms with Crippen molar-refractivity contribution in [3.05, 3.63) is 84.2 Å². The zero-order chi connectivity index (χ0) is 14.8. The molecule has 106 valence electrons. The van der Waals surface area contributed by atoms with Crippen molar-refractivity contribution in [2.75, 3.05) is 4.90 Å². The fourth-order valence-electron chi connectivity index (χ4n) is 2.62. The average Bonchev–Trinajstić information content (AvgIpc) is 2.95. The third-order valence-electron chi connectivity index (χ3n) is 3.64. The summed E-state index contributed by atoms with van der Waals surface area (Å²) in [5.74, 6) is 2.50. The van der Waals surface area contributed by atoms with Gasteiger partial charge in [-0.1, -0.05) is 36.4 Å². The minimum Gasteiger partial charge on any atom is -0.306 e. The molecule has 2 aromatic heterocycles. The number of hydrogen-bond donors (Lipinski definition) is 0. The van der Waals surface area contributed by atoms with Crippen LogP contribution in [0.15, 0.2) is 78.0 Å². The van der Waals surface area contributed by atoms with Crippen molar-refractivity contribution in [3.8, 4) is 0 Å². The molecule has 0 radical (unpaired) electrons. The zero-order valence-corrected chi connectivity index (χ0v) is 11.9. The highest BCUT2D eigenvalue weighted by Gasteiger charge is 2.27. The molecule has 0 N–H and O–H groups in total. The molecule has 0 aliphatic carbocycles. The number of rotatable bonds is 2. The highest BCUT2D eigenvalue weighted by molar-refractivity contribution is 6.13. The van der Waals surface area contributed by atoms with Crippen LogP contribution in [0.25, 0.3) is 0 Å². The summed E-state index contributed by atoms with van der Waals surface area (Å²) in [5, 5.41) is 0. The Hall–Kier alpha value is -3.01. The number of anilines is 1. The molecule has 0 saturated heterocycles. The quantitative estimate of drug-likeness (QED) is 0.723. The van der Waals surface area contributed by atoms with E-state index < -0.39 is 0 Å².